The molecule has 1 heterocycles. The van der Waals surface area contributed by atoms with E-state index in [0.29, 0.717) is 0 Å². The number of esters is 1. The Bertz CT molecular complexity index is 937. The number of methoxy groups -OCH3 is 1. The maximum Gasteiger partial charge on any atom is 0.492 e. The summed E-state index contributed by atoms with van der Waals surface area (Å²) in [7, 11) is 1.13. The van der Waals surface area contributed by atoms with Gasteiger partial charge in [0.15, 0.2) is 11.5 Å². The lowest BCUT2D eigenvalue weighted by Crippen LogP contribution is -2.65. The molecule has 0 saturated carbocycles. The lowest BCUT2D eigenvalue weighted by molar-refractivity contribution is -0.317. The molecule has 2 amide bonds. The molecule has 0 aliphatic carbocycles. The number of urea groups is 1. The van der Waals surface area contributed by atoms with Crippen LogP contribution >= 0.6 is 11.6 Å². The highest BCUT2D eigenvalue weighted by atomic mass is 35.5. The van der Waals surface area contributed by atoms with E-state index in [0.717, 1.165) is 13.2 Å². The maximum atomic E-state index is 13.6. The van der Waals surface area contributed by atoms with E-state index < -0.39 is 24.1 Å². The molecule has 0 fully saturated rings. The van der Waals surface area contributed by atoms with Crippen LogP contribution in [-0.4, -0.2) is 31.2 Å². The van der Waals surface area contributed by atoms with Gasteiger partial charge in [-0.2, -0.15) is 13.2 Å². The molecule has 148 valence electrons. The second-order valence-electron chi connectivity index (χ2n) is 5.53. The third kappa shape index (κ3) is 3.63. The van der Waals surface area contributed by atoms with Crippen molar-refractivity contribution in [3.8, 4) is 11.5 Å². The van der Waals surface area contributed by atoms with E-state index in [1.54, 1.807) is 5.32 Å². The van der Waals surface area contributed by atoms with Crippen LogP contribution in [0.3, 0.4) is 0 Å². The lowest BCUT2D eigenvalue weighted by atomic mass is 10.2. The van der Waals surface area contributed by atoms with Crippen molar-refractivity contribution < 1.29 is 37.0 Å². The molecule has 11 heteroatoms. The highest BCUT2D eigenvalue weighted by Crippen LogP contribution is 2.46. The fourth-order valence-corrected chi connectivity index (χ4v) is 2.56. The number of para-hydroxylation sites is 1. The number of hydrogen-bond donors (Lipinski definition) is 2. The van der Waals surface area contributed by atoms with Crippen LogP contribution in [0.2, 0.25) is 5.02 Å². The van der Waals surface area contributed by atoms with Crippen LogP contribution in [0.1, 0.15) is 10.4 Å². The van der Waals surface area contributed by atoms with E-state index in [1.165, 1.54) is 36.4 Å². The summed E-state index contributed by atoms with van der Waals surface area (Å²) in [4.78, 5) is 24.0. The zero-order valence-corrected chi connectivity index (χ0v) is 14.9. The van der Waals surface area contributed by atoms with Gasteiger partial charge in [-0.1, -0.05) is 23.7 Å². The topological polar surface area (TPSA) is 85.9 Å². The van der Waals surface area contributed by atoms with Crippen LogP contribution in [0.25, 0.3) is 0 Å². The van der Waals surface area contributed by atoms with Gasteiger partial charge in [-0.3, -0.25) is 5.32 Å². The first-order chi connectivity index (χ1) is 13.1. The standard InChI is InChI=1S/C17H12ClF3N2O5/c1-26-14(24)10-4-2-3-5-11(10)22-15(25)23-17(16(19,20)21)27-12-7-6-9(18)8-13(12)28-17/h2-8H,1H3,(H2,22,23,25)/t17-/m0/s1. The Morgan fingerprint density at radius 2 is 1.79 bits per heavy atom. The summed E-state index contributed by atoms with van der Waals surface area (Å²) in [5.74, 6) is -4.79. The van der Waals surface area contributed by atoms with Crippen LogP contribution in [0.5, 0.6) is 11.5 Å². The molecular weight excluding hydrogens is 405 g/mol. The highest BCUT2D eigenvalue weighted by Gasteiger charge is 2.65. The Morgan fingerprint density at radius 1 is 1.11 bits per heavy atom. The molecule has 0 unspecified atom stereocenters. The van der Waals surface area contributed by atoms with Crippen LogP contribution < -0.4 is 20.1 Å². The molecule has 2 aromatic carbocycles. The second kappa shape index (κ2) is 7.12. The lowest BCUT2D eigenvalue weighted by Gasteiger charge is -2.29. The third-order valence-electron chi connectivity index (χ3n) is 3.64. The molecule has 1 aliphatic rings. The summed E-state index contributed by atoms with van der Waals surface area (Å²) in [6.07, 6.45) is -5.14. The number of anilines is 1. The minimum Gasteiger partial charge on any atom is -0.465 e. The van der Waals surface area contributed by atoms with E-state index in [2.05, 4.69) is 10.1 Å². The normalized spacial score (nSPS) is 17.8. The molecule has 2 aromatic rings. The molecular formula is C17H12ClF3N2O5. The summed E-state index contributed by atoms with van der Waals surface area (Å²) >= 11 is 5.74. The molecule has 28 heavy (non-hydrogen) atoms. The minimum absolute atomic E-state index is 0.0514. The minimum atomic E-state index is -5.14. The van der Waals surface area contributed by atoms with Gasteiger partial charge in [0.05, 0.1) is 18.4 Å². The third-order valence-corrected chi connectivity index (χ3v) is 3.88. The number of ether oxygens (including phenoxy) is 3. The SMILES string of the molecule is COC(=O)c1ccccc1NC(=O)N[C@@]1(C(F)(F)F)Oc2ccc(Cl)cc2O1. The zero-order chi connectivity index (χ0) is 20.5. The van der Waals surface area contributed by atoms with Crippen LogP contribution in [0, 0.1) is 0 Å². The molecule has 7 nitrogen and oxygen atoms in total. The molecule has 0 spiro atoms. The number of carbonyl (C=O) groups is 2. The second-order valence-corrected chi connectivity index (χ2v) is 5.96. The molecule has 0 aromatic heterocycles. The Labute approximate surface area is 161 Å². The van der Waals surface area contributed by atoms with Gasteiger partial charge in [-0.15, -0.1) is 0 Å². The van der Waals surface area contributed by atoms with E-state index >= 15 is 0 Å². The van der Waals surface area contributed by atoms with Gasteiger partial charge in [0.2, 0.25) is 0 Å². The number of amides is 2. The van der Waals surface area contributed by atoms with Crippen molar-refractivity contribution in [2.45, 2.75) is 12.1 Å². The summed E-state index contributed by atoms with van der Waals surface area (Å²) in [6.45, 7) is 0. The number of benzene rings is 2. The first-order valence-electron chi connectivity index (χ1n) is 7.66. The van der Waals surface area contributed by atoms with Gasteiger partial charge in [-0.25, -0.2) is 9.59 Å². The van der Waals surface area contributed by atoms with Gasteiger partial charge in [0.25, 0.3) is 0 Å². The van der Waals surface area contributed by atoms with Gasteiger partial charge >= 0.3 is 24.1 Å². The van der Waals surface area contributed by atoms with Gasteiger partial charge < -0.3 is 19.5 Å². The highest BCUT2D eigenvalue weighted by molar-refractivity contribution is 6.30. The maximum absolute atomic E-state index is 13.6. The van der Waals surface area contributed by atoms with Gasteiger partial charge in [0, 0.05) is 11.1 Å². The Balaban J connectivity index is 1.85. The van der Waals surface area contributed by atoms with Crippen molar-refractivity contribution in [2.24, 2.45) is 0 Å². The number of carbonyl (C=O) groups excluding carboxylic acids is 2. The average Bonchev–Trinajstić information content (AvgIpc) is 2.99. The Kier molecular flexibility index (Phi) is 4.99. The van der Waals surface area contributed by atoms with Crippen molar-refractivity contribution >= 4 is 29.3 Å². The first-order valence-corrected chi connectivity index (χ1v) is 8.04. The van der Waals surface area contributed by atoms with Gasteiger partial charge in [-0.05, 0) is 24.3 Å². The predicted octanol–water partition coefficient (Wildman–Crippen LogP) is 3.94. The molecule has 3 rings (SSSR count). The summed E-state index contributed by atoms with van der Waals surface area (Å²) in [5.41, 5.74) is -0.118. The largest absolute Gasteiger partial charge is 0.492 e. The average molecular weight is 417 g/mol. The fourth-order valence-electron chi connectivity index (χ4n) is 2.40. The van der Waals surface area contributed by atoms with Crippen molar-refractivity contribution in [3.63, 3.8) is 0 Å². The van der Waals surface area contributed by atoms with E-state index in [4.69, 9.17) is 21.1 Å². The van der Waals surface area contributed by atoms with Crippen molar-refractivity contribution in [3.05, 3.63) is 53.1 Å². The summed E-state index contributed by atoms with van der Waals surface area (Å²) in [6, 6.07) is 7.90. The van der Waals surface area contributed by atoms with E-state index in [-0.39, 0.29) is 27.8 Å². The van der Waals surface area contributed by atoms with Crippen molar-refractivity contribution in [1.82, 2.24) is 5.32 Å². The number of hydrogen-bond acceptors (Lipinski definition) is 5. The Hall–Kier alpha value is -3.14. The van der Waals surface area contributed by atoms with E-state index in [1.807, 2.05) is 0 Å². The van der Waals surface area contributed by atoms with Crippen LogP contribution in [-0.2, 0) is 4.74 Å². The number of alkyl halides is 3. The van der Waals surface area contributed by atoms with Crippen LogP contribution in [0.15, 0.2) is 42.5 Å². The monoisotopic (exact) mass is 416 g/mol. The molecule has 0 bridgehead atoms. The van der Waals surface area contributed by atoms with Crippen molar-refractivity contribution in [1.29, 1.82) is 0 Å². The quantitative estimate of drug-likeness (QED) is 0.740. The van der Waals surface area contributed by atoms with Crippen molar-refractivity contribution in [2.75, 3.05) is 12.4 Å². The molecule has 1 aliphatic heterocycles. The van der Waals surface area contributed by atoms with E-state index in [9.17, 15) is 22.8 Å². The molecule has 1 atom stereocenters. The fraction of sp³-hybridized carbons (Fsp3) is 0.176. The zero-order valence-electron chi connectivity index (χ0n) is 14.1. The molecule has 0 radical (unpaired) electrons. The number of halogens is 4. The summed E-state index contributed by atoms with van der Waals surface area (Å²) < 4.78 is 55.2. The molecule has 0 saturated heterocycles. The van der Waals surface area contributed by atoms with Crippen LogP contribution in [0.4, 0.5) is 23.7 Å². The molecule has 2 N–H and O–H groups in total. The number of fused-ring (bicyclic) bond motifs is 1. The predicted molar refractivity (Wildman–Crippen MR) is 91.4 cm³/mol. The first kappa shape index (κ1) is 19.6. The number of rotatable bonds is 3. The van der Waals surface area contributed by atoms with Gasteiger partial charge in [0.1, 0.15) is 0 Å². The Morgan fingerprint density at radius 3 is 2.46 bits per heavy atom. The summed E-state index contributed by atoms with van der Waals surface area (Å²) in [5, 5.41) is 3.89. The smallest absolute Gasteiger partial charge is 0.465 e. The number of nitrogens with one attached hydrogen (secondary N) is 2.